The van der Waals surface area contributed by atoms with E-state index in [1.54, 1.807) is 6.07 Å². The third kappa shape index (κ3) is 5.36. The maximum atomic E-state index is 13.7. The molecular weight excluding hydrogens is 409 g/mol. The van der Waals surface area contributed by atoms with Crippen molar-refractivity contribution in [2.45, 2.75) is 44.2 Å². The summed E-state index contributed by atoms with van der Waals surface area (Å²) < 4.78 is 18.8. The van der Waals surface area contributed by atoms with Crippen LogP contribution in [0.3, 0.4) is 0 Å². The summed E-state index contributed by atoms with van der Waals surface area (Å²) in [4.78, 5) is 13.8. The summed E-state index contributed by atoms with van der Waals surface area (Å²) >= 11 is 0. The van der Waals surface area contributed by atoms with Crippen LogP contribution in [0.15, 0.2) is 30.6 Å². The molecule has 1 saturated carbocycles. The summed E-state index contributed by atoms with van der Waals surface area (Å²) in [5.41, 5.74) is 2.23. The smallest absolute Gasteiger partial charge is 0.225 e. The molecular formula is C24H34FN5O2. The number of benzene rings is 1. The number of ether oxygens (including phenoxy) is 1. The summed E-state index contributed by atoms with van der Waals surface area (Å²) in [6.45, 7) is 6.69. The van der Waals surface area contributed by atoms with Gasteiger partial charge in [0.2, 0.25) is 5.95 Å². The number of halogens is 1. The molecule has 2 aliphatic rings. The molecule has 2 heterocycles. The fraction of sp³-hybridized carbons (Fsp3) is 0.583. The Morgan fingerprint density at radius 3 is 2.62 bits per heavy atom. The van der Waals surface area contributed by atoms with Crippen LogP contribution in [0.1, 0.15) is 49.3 Å². The third-order valence-electron chi connectivity index (χ3n) is 6.79. The fourth-order valence-electron chi connectivity index (χ4n) is 4.85. The van der Waals surface area contributed by atoms with Gasteiger partial charge in [0.05, 0.1) is 13.7 Å². The number of nitrogens with zero attached hydrogens (tertiary/aromatic N) is 4. The van der Waals surface area contributed by atoms with Crippen LogP contribution in [-0.2, 0) is 0 Å². The summed E-state index contributed by atoms with van der Waals surface area (Å²) in [5, 5.41) is 12.8. The first-order valence-electron chi connectivity index (χ1n) is 11.6. The molecule has 8 heteroatoms. The molecule has 0 spiro atoms. The van der Waals surface area contributed by atoms with Gasteiger partial charge >= 0.3 is 0 Å². The van der Waals surface area contributed by atoms with Crippen LogP contribution < -0.4 is 15.0 Å². The zero-order chi connectivity index (χ0) is 22.5. The topological polar surface area (TPSA) is 73.8 Å². The summed E-state index contributed by atoms with van der Waals surface area (Å²) in [6, 6.07) is 5.59. The highest BCUT2D eigenvalue weighted by atomic mass is 19.1. The lowest BCUT2D eigenvalue weighted by molar-refractivity contribution is 0.188. The summed E-state index contributed by atoms with van der Waals surface area (Å²) in [6.07, 6.45) is 7.24. The van der Waals surface area contributed by atoms with Crippen molar-refractivity contribution in [2.24, 2.45) is 0 Å². The first-order valence-corrected chi connectivity index (χ1v) is 11.6. The van der Waals surface area contributed by atoms with E-state index >= 15 is 0 Å². The molecule has 32 heavy (non-hydrogen) atoms. The molecule has 1 aliphatic carbocycles. The second-order valence-corrected chi connectivity index (χ2v) is 8.86. The highest BCUT2D eigenvalue weighted by molar-refractivity contribution is 5.33. The maximum absolute atomic E-state index is 13.7. The predicted molar refractivity (Wildman–Crippen MR) is 123 cm³/mol. The molecule has 174 valence electrons. The van der Waals surface area contributed by atoms with Gasteiger partial charge in [-0.25, -0.2) is 14.4 Å². The molecule has 7 nitrogen and oxygen atoms in total. The fourth-order valence-corrected chi connectivity index (χ4v) is 4.85. The van der Waals surface area contributed by atoms with Crippen molar-refractivity contribution in [3.63, 3.8) is 0 Å². The number of rotatable bonds is 8. The van der Waals surface area contributed by atoms with Gasteiger partial charge in [-0.15, -0.1) is 0 Å². The Morgan fingerprint density at radius 2 is 1.94 bits per heavy atom. The Kier molecular flexibility index (Phi) is 7.55. The van der Waals surface area contributed by atoms with Crippen LogP contribution in [0.4, 0.5) is 10.3 Å². The number of anilines is 1. The van der Waals surface area contributed by atoms with E-state index in [-0.39, 0.29) is 24.2 Å². The molecule has 0 bridgehead atoms. The van der Waals surface area contributed by atoms with Gasteiger partial charge in [0, 0.05) is 57.2 Å². The molecule has 2 N–H and O–H groups in total. The van der Waals surface area contributed by atoms with Crippen molar-refractivity contribution >= 4 is 5.95 Å². The van der Waals surface area contributed by atoms with E-state index < -0.39 is 0 Å². The van der Waals surface area contributed by atoms with Crippen molar-refractivity contribution in [2.75, 3.05) is 51.3 Å². The average Bonchev–Trinajstić information content (AvgIpc) is 3.28. The van der Waals surface area contributed by atoms with Crippen LogP contribution >= 0.6 is 0 Å². The minimum Gasteiger partial charge on any atom is -0.494 e. The second kappa shape index (κ2) is 10.6. The van der Waals surface area contributed by atoms with Gasteiger partial charge in [0.25, 0.3) is 0 Å². The Morgan fingerprint density at radius 1 is 1.19 bits per heavy atom. The van der Waals surface area contributed by atoms with Gasteiger partial charge in [0.15, 0.2) is 11.6 Å². The highest BCUT2D eigenvalue weighted by Gasteiger charge is 2.28. The Labute approximate surface area is 189 Å². The van der Waals surface area contributed by atoms with Gasteiger partial charge in [-0.1, -0.05) is 6.07 Å². The van der Waals surface area contributed by atoms with E-state index in [0.29, 0.717) is 12.0 Å². The number of methoxy groups -OCH3 is 1. The Hall–Kier alpha value is -2.29. The van der Waals surface area contributed by atoms with Crippen molar-refractivity contribution < 1.29 is 14.2 Å². The van der Waals surface area contributed by atoms with E-state index in [1.165, 1.54) is 18.7 Å². The molecule has 2 aromatic rings. The SMILES string of the molecule is COc1cc([C@@H](C)N[C@H]2CC[C@@H](c3cnc(N4CCN(CCO)CC4)nc3)C2)ccc1F. The number of nitrogens with one attached hydrogen (secondary N) is 1. The van der Waals surface area contributed by atoms with Crippen LogP contribution in [-0.4, -0.2) is 72.5 Å². The number of hydrogen-bond donors (Lipinski definition) is 2. The zero-order valence-corrected chi connectivity index (χ0v) is 19.0. The first-order chi connectivity index (χ1) is 15.6. The van der Waals surface area contributed by atoms with Crippen LogP contribution in [0, 0.1) is 5.82 Å². The summed E-state index contributed by atoms with van der Waals surface area (Å²) in [5.74, 6) is 1.20. The van der Waals surface area contributed by atoms with Crippen molar-refractivity contribution in [3.05, 3.63) is 47.5 Å². The number of aromatic nitrogens is 2. The maximum Gasteiger partial charge on any atom is 0.225 e. The number of β-amino-alcohol motifs (C(OH)–C–C–N with tert-alkyl or cyclic N) is 1. The molecule has 3 atom stereocenters. The molecule has 0 radical (unpaired) electrons. The van der Waals surface area contributed by atoms with Crippen molar-refractivity contribution in [3.8, 4) is 5.75 Å². The molecule has 1 saturated heterocycles. The second-order valence-electron chi connectivity index (χ2n) is 8.86. The van der Waals surface area contributed by atoms with Crippen molar-refractivity contribution in [1.29, 1.82) is 0 Å². The van der Waals surface area contributed by atoms with Crippen LogP contribution in [0.25, 0.3) is 0 Å². The van der Waals surface area contributed by atoms with E-state index in [9.17, 15) is 4.39 Å². The summed E-state index contributed by atoms with van der Waals surface area (Å²) in [7, 11) is 1.49. The molecule has 1 aromatic heterocycles. The predicted octanol–water partition coefficient (Wildman–Crippen LogP) is 2.73. The van der Waals surface area contributed by atoms with E-state index in [4.69, 9.17) is 9.84 Å². The minimum absolute atomic E-state index is 0.122. The lowest BCUT2D eigenvalue weighted by atomic mass is 10.0. The van der Waals surface area contributed by atoms with Crippen molar-refractivity contribution in [1.82, 2.24) is 20.2 Å². The molecule has 0 amide bonds. The van der Waals surface area contributed by atoms with E-state index in [2.05, 4.69) is 32.0 Å². The molecule has 4 rings (SSSR count). The number of hydrogen-bond acceptors (Lipinski definition) is 7. The first kappa shape index (κ1) is 22.9. The Bertz CT molecular complexity index is 873. The van der Waals surface area contributed by atoms with E-state index in [1.807, 2.05) is 18.5 Å². The lowest BCUT2D eigenvalue weighted by Crippen LogP contribution is -2.47. The van der Waals surface area contributed by atoms with Gasteiger partial charge in [-0.05, 0) is 55.4 Å². The standard InChI is InChI=1S/C24H34FN5O2/c1-17(18-4-6-22(25)23(14-18)32-2)28-21-5-3-19(13-21)20-15-26-24(27-16-20)30-9-7-29(8-10-30)11-12-31/h4,6,14-17,19,21,28,31H,3,5,7-13H2,1-2H3/t17-,19-,21+/m1/s1. The quantitative estimate of drug-likeness (QED) is 0.650. The van der Waals surface area contributed by atoms with Gasteiger partial charge in [0.1, 0.15) is 0 Å². The lowest BCUT2D eigenvalue weighted by Gasteiger charge is -2.34. The van der Waals surface area contributed by atoms with E-state index in [0.717, 1.165) is 63.5 Å². The average molecular weight is 444 g/mol. The van der Waals surface area contributed by atoms with Gasteiger partial charge in [-0.3, -0.25) is 4.90 Å². The molecule has 2 fully saturated rings. The Balaban J connectivity index is 1.30. The van der Waals surface area contributed by atoms with Crippen LogP contribution in [0.5, 0.6) is 5.75 Å². The number of aliphatic hydroxyl groups is 1. The largest absolute Gasteiger partial charge is 0.494 e. The minimum atomic E-state index is -0.333. The molecule has 0 unspecified atom stereocenters. The number of aliphatic hydroxyl groups excluding tert-OH is 1. The number of piperazine rings is 1. The molecule has 1 aromatic carbocycles. The molecule has 1 aliphatic heterocycles. The normalized spacial score (nSPS) is 22.8. The monoisotopic (exact) mass is 443 g/mol. The third-order valence-corrected chi connectivity index (χ3v) is 6.79. The van der Waals surface area contributed by atoms with Crippen LogP contribution in [0.2, 0.25) is 0 Å². The zero-order valence-electron chi connectivity index (χ0n) is 19.0. The highest BCUT2D eigenvalue weighted by Crippen LogP contribution is 2.35. The van der Waals surface area contributed by atoms with Gasteiger partial charge < -0.3 is 20.1 Å². The van der Waals surface area contributed by atoms with Gasteiger partial charge in [-0.2, -0.15) is 0 Å².